The van der Waals surface area contributed by atoms with E-state index < -0.39 is 34.9 Å². The van der Waals surface area contributed by atoms with Gasteiger partial charge in [0.15, 0.2) is 6.61 Å². The SMILES string of the molecule is Cc1ccc(/C=C/S(=O)(=O)NCC(=O)OCC(=O)c2ccc[nH]2)cc1. The number of sulfonamides is 1. The monoisotopic (exact) mass is 362 g/mol. The molecule has 0 radical (unpaired) electrons. The van der Waals surface area contributed by atoms with E-state index in [4.69, 9.17) is 4.74 Å². The van der Waals surface area contributed by atoms with Crippen LogP contribution in [-0.4, -0.2) is 38.3 Å². The second-order valence-corrected chi connectivity index (χ2v) is 6.90. The molecular formula is C17H18N2O5S. The van der Waals surface area contributed by atoms with Gasteiger partial charge in [0.2, 0.25) is 15.8 Å². The molecule has 7 nitrogen and oxygen atoms in total. The molecule has 0 aliphatic carbocycles. The largest absolute Gasteiger partial charge is 0.456 e. The minimum atomic E-state index is -3.79. The summed E-state index contributed by atoms with van der Waals surface area (Å²) in [4.78, 5) is 25.9. The van der Waals surface area contributed by atoms with Crippen molar-refractivity contribution in [3.05, 3.63) is 64.8 Å². The quantitative estimate of drug-likeness (QED) is 0.549. The average molecular weight is 362 g/mol. The van der Waals surface area contributed by atoms with E-state index >= 15 is 0 Å². The number of hydrogen-bond acceptors (Lipinski definition) is 5. The van der Waals surface area contributed by atoms with Gasteiger partial charge in [-0.3, -0.25) is 9.59 Å². The molecule has 2 N–H and O–H groups in total. The molecule has 0 unspecified atom stereocenters. The van der Waals surface area contributed by atoms with Crippen molar-refractivity contribution >= 4 is 27.9 Å². The van der Waals surface area contributed by atoms with Gasteiger partial charge in [-0.25, -0.2) is 13.1 Å². The van der Waals surface area contributed by atoms with Crippen molar-refractivity contribution in [2.24, 2.45) is 0 Å². The van der Waals surface area contributed by atoms with Crippen molar-refractivity contribution in [2.45, 2.75) is 6.92 Å². The van der Waals surface area contributed by atoms with Crippen LogP contribution >= 0.6 is 0 Å². The van der Waals surface area contributed by atoms with Gasteiger partial charge < -0.3 is 9.72 Å². The number of aromatic nitrogens is 1. The lowest BCUT2D eigenvalue weighted by Crippen LogP contribution is -2.30. The number of benzene rings is 1. The van der Waals surface area contributed by atoms with Crippen LogP contribution < -0.4 is 4.72 Å². The molecule has 0 fully saturated rings. The van der Waals surface area contributed by atoms with E-state index in [1.54, 1.807) is 30.5 Å². The average Bonchev–Trinajstić information content (AvgIpc) is 3.12. The van der Waals surface area contributed by atoms with Crippen LogP contribution in [0.5, 0.6) is 0 Å². The third-order valence-corrected chi connectivity index (χ3v) is 4.24. The van der Waals surface area contributed by atoms with E-state index in [1.807, 2.05) is 19.1 Å². The van der Waals surface area contributed by atoms with Crippen molar-refractivity contribution in [2.75, 3.05) is 13.2 Å². The molecule has 2 rings (SSSR count). The number of H-pyrrole nitrogens is 1. The third kappa shape index (κ3) is 6.36. The molecule has 1 heterocycles. The lowest BCUT2D eigenvalue weighted by molar-refractivity contribution is -0.141. The second kappa shape index (κ2) is 8.41. The van der Waals surface area contributed by atoms with E-state index in [-0.39, 0.29) is 0 Å². The Bertz CT molecular complexity index is 853. The van der Waals surface area contributed by atoms with Crippen LogP contribution in [0, 0.1) is 6.92 Å². The Balaban J connectivity index is 1.79. The zero-order chi connectivity index (χ0) is 18.3. The molecule has 2 aromatic rings. The van der Waals surface area contributed by atoms with Crippen LogP contribution in [-0.2, 0) is 19.6 Å². The van der Waals surface area contributed by atoms with Gasteiger partial charge in [0.1, 0.15) is 6.54 Å². The van der Waals surface area contributed by atoms with Crippen LogP contribution in [0.25, 0.3) is 6.08 Å². The van der Waals surface area contributed by atoms with Gasteiger partial charge in [0, 0.05) is 11.6 Å². The van der Waals surface area contributed by atoms with Crippen LogP contribution in [0.15, 0.2) is 48.0 Å². The Hall–Kier alpha value is -2.71. The Kier molecular flexibility index (Phi) is 6.26. The van der Waals surface area contributed by atoms with E-state index in [0.717, 1.165) is 16.5 Å². The molecule has 0 bridgehead atoms. The summed E-state index contributed by atoms with van der Waals surface area (Å²) in [7, 11) is -3.79. The zero-order valence-electron chi connectivity index (χ0n) is 13.6. The van der Waals surface area contributed by atoms with Crippen molar-refractivity contribution < 1.29 is 22.7 Å². The number of Topliss-reactive ketones (excluding diaryl/α,β-unsaturated/α-hetero) is 1. The summed E-state index contributed by atoms with van der Waals surface area (Å²) in [6, 6.07) is 10.5. The minimum Gasteiger partial charge on any atom is -0.456 e. The van der Waals surface area contributed by atoms with E-state index in [2.05, 4.69) is 9.71 Å². The summed E-state index contributed by atoms with van der Waals surface area (Å²) in [6.07, 6.45) is 2.99. The number of carbonyl (C=O) groups is 2. The first kappa shape index (κ1) is 18.6. The van der Waals surface area contributed by atoms with Crippen molar-refractivity contribution in [3.8, 4) is 0 Å². The number of aromatic amines is 1. The van der Waals surface area contributed by atoms with Crippen molar-refractivity contribution in [1.29, 1.82) is 0 Å². The fourth-order valence-electron chi connectivity index (χ4n) is 1.83. The fraction of sp³-hybridized carbons (Fsp3) is 0.176. The number of rotatable bonds is 8. The predicted molar refractivity (Wildman–Crippen MR) is 93.2 cm³/mol. The molecule has 0 spiro atoms. The van der Waals surface area contributed by atoms with Crippen LogP contribution in [0.2, 0.25) is 0 Å². The van der Waals surface area contributed by atoms with Gasteiger partial charge in [-0.2, -0.15) is 0 Å². The highest BCUT2D eigenvalue weighted by atomic mass is 32.2. The number of ketones is 1. The topological polar surface area (TPSA) is 105 Å². The molecular weight excluding hydrogens is 344 g/mol. The van der Waals surface area contributed by atoms with Crippen LogP contribution in [0.4, 0.5) is 0 Å². The number of esters is 1. The maximum Gasteiger partial charge on any atom is 0.321 e. The molecule has 1 aromatic carbocycles. The van der Waals surface area contributed by atoms with Gasteiger partial charge in [-0.1, -0.05) is 29.8 Å². The first-order valence-corrected chi connectivity index (χ1v) is 8.97. The Labute approximate surface area is 145 Å². The Morgan fingerprint density at radius 3 is 2.56 bits per heavy atom. The Morgan fingerprint density at radius 1 is 1.20 bits per heavy atom. The number of carbonyl (C=O) groups excluding carboxylic acids is 2. The molecule has 0 aliphatic rings. The molecule has 132 valence electrons. The second-order valence-electron chi connectivity index (χ2n) is 5.25. The van der Waals surface area contributed by atoms with Crippen molar-refractivity contribution in [1.82, 2.24) is 9.71 Å². The standard InChI is InChI=1S/C17H18N2O5S/c1-13-4-6-14(7-5-13)8-10-25(22,23)19-11-17(21)24-12-16(20)15-3-2-9-18-15/h2-10,18-19H,11-12H2,1H3/b10-8+. The van der Waals surface area contributed by atoms with Gasteiger partial charge in [-0.05, 0) is 30.7 Å². The smallest absolute Gasteiger partial charge is 0.321 e. The Morgan fingerprint density at radius 2 is 1.92 bits per heavy atom. The molecule has 0 saturated carbocycles. The summed E-state index contributed by atoms with van der Waals surface area (Å²) < 4.78 is 30.5. The molecule has 0 amide bonds. The maximum absolute atomic E-state index is 11.8. The lowest BCUT2D eigenvalue weighted by atomic mass is 10.2. The molecule has 0 saturated heterocycles. The molecule has 1 aromatic heterocycles. The molecule has 0 atom stereocenters. The molecule has 25 heavy (non-hydrogen) atoms. The van der Waals surface area contributed by atoms with Gasteiger partial charge in [0.25, 0.3) is 0 Å². The van der Waals surface area contributed by atoms with Crippen LogP contribution in [0.1, 0.15) is 21.6 Å². The normalized spacial score (nSPS) is 11.6. The predicted octanol–water partition coefficient (Wildman–Crippen LogP) is 1.64. The molecule has 8 heteroatoms. The maximum atomic E-state index is 11.8. The minimum absolute atomic E-state index is 0.314. The number of aryl methyl sites for hydroxylation is 1. The first-order chi connectivity index (χ1) is 11.9. The first-order valence-electron chi connectivity index (χ1n) is 7.42. The zero-order valence-corrected chi connectivity index (χ0v) is 14.4. The number of ether oxygens (including phenoxy) is 1. The highest BCUT2D eigenvalue weighted by Gasteiger charge is 2.13. The van der Waals surface area contributed by atoms with Gasteiger partial charge in [0.05, 0.1) is 5.69 Å². The van der Waals surface area contributed by atoms with E-state index in [1.165, 1.54) is 6.08 Å². The summed E-state index contributed by atoms with van der Waals surface area (Å²) in [5.74, 6) is -1.24. The highest BCUT2D eigenvalue weighted by Crippen LogP contribution is 2.06. The third-order valence-electron chi connectivity index (χ3n) is 3.20. The summed E-state index contributed by atoms with van der Waals surface area (Å²) in [5.41, 5.74) is 2.10. The summed E-state index contributed by atoms with van der Waals surface area (Å²) in [6.45, 7) is 0.914. The highest BCUT2D eigenvalue weighted by molar-refractivity contribution is 7.92. The fourth-order valence-corrected chi connectivity index (χ4v) is 2.58. The number of nitrogens with one attached hydrogen (secondary N) is 2. The summed E-state index contributed by atoms with van der Waals surface area (Å²) in [5, 5.41) is 0.967. The molecule has 0 aliphatic heterocycles. The van der Waals surface area contributed by atoms with Gasteiger partial charge in [-0.15, -0.1) is 0 Å². The van der Waals surface area contributed by atoms with Crippen molar-refractivity contribution in [3.63, 3.8) is 0 Å². The lowest BCUT2D eigenvalue weighted by Gasteiger charge is -2.04. The van der Waals surface area contributed by atoms with E-state index in [0.29, 0.717) is 5.69 Å². The van der Waals surface area contributed by atoms with E-state index in [9.17, 15) is 18.0 Å². The van der Waals surface area contributed by atoms with Crippen LogP contribution in [0.3, 0.4) is 0 Å². The number of hydrogen-bond donors (Lipinski definition) is 2. The summed E-state index contributed by atoms with van der Waals surface area (Å²) >= 11 is 0. The van der Waals surface area contributed by atoms with Gasteiger partial charge >= 0.3 is 5.97 Å².